The number of hydrogen-bond donors (Lipinski definition) is 1. The van der Waals surface area contributed by atoms with E-state index in [4.69, 9.17) is 0 Å². The maximum atomic E-state index is 3.73. The Kier molecular flexibility index (Phi) is 4.12. The number of rotatable bonds is 5. The lowest BCUT2D eigenvalue weighted by Gasteiger charge is -2.37. The molecule has 0 saturated carbocycles. The minimum atomic E-state index is 0.546. The van der Waals surface area contributed by atoms with Crippen LogP contribution in [-0.2, 0) is 12.8 Å². The van der Waals surface area contributed by atoms with Crippen LogP contribution in [0.3, 0.4) is 0 Å². The van der Waals surface area contributed by atoms with Gasteiger partial charge in [-0.05, 0) is 61.1 Å². The number of benzene rings is 2. The molecule has 0 amide bonds. The topological polar surface area (TPSA) is 12.0 Å². The molecule has 0 bridgehead atoms. The van der Waals surface area contributed by atoms with Crippen molar-refractivity contribution in [3.8, 4) is 0 Å². The summed E-state index contributed by atoms with van der Waals surface area (Å²) in [6.07, 6.45) is 2.35. The second-order valence-electron chi connectivity index (χ2n) is 6.25. The first-order chi connectivity index (χ1) is 10.2. The first-order valence-corrected chi connectivity index (χ1v) is 8.07. The Morgan fingerprint density at radius 1 is 1.05 bits per heavy atom. The van der Waals surface area contributed by atoms with E-state index in [9.17, 15) is 0 Å². The number of aryl methyl sites for hydroxylation is 2. The Morgan fingerprint density at radius 2 is 1.76 bits per heavy atom. The van der Waals surface area contributed by atoms with Crippen LogP contribution in [0.2, 0.25) is 0 Å². The lowest BCUT2D eigenvalue weighted by molar-refractivity contribution is 0.404. The van der Waals surface area contributed by atoms with Crippen LogP contribution in [0.15, 0.2) is 42.5 Å². The summed E-state index contributed by atoms with van der Waals surface area (Å²) in [5.41, 5.74) is 7.45. The molecule has 0 radical (unpaired) electrons. The average Bonchev–Trinajstić information content (AvgIpc) is 2.44. The maximum Gasteiger partial charge on any atom is 0.0180 e. The summed E-state index contributed by atoms with van der Waals surface area (Å²) in [6.45, 7) is 7.72. The van der Waals surface area contributed by atoms with Crippen LogP contribution in [0.25, 0.3) is 0 Å². The van der Waals surface area contributed by atoms with Crippen molar-refractivity contribution >= 4 is 0 Å². The van der Waals surface area contributed by atoms with Gasteiger partial charge in [0.05, 0.1) is 0 Å². The monoisotopic (exact) mass is 279 g/mol. The number of fused-ring (bicyclic) bond motifs is 1. The molecule has 0 aromatic heterocycles. The molecule has 0 fully saturated rings. The van der Waals surface area contributed by atoms with Gasteiger partial charge in [-0.2, -0.15) is 0 Å². The van der Waals surface area contributed by atoms with E-state index >= 15 is 0 Å². The first-order valence-electron chi connectivity index (χ1n) is 8.07. The highest BCUT2D eigenvalue weighted by atomic mass is 14.9. The summed E-state index contributed by atoms with van der Waals surface area (Å²) in [4.78, 5) is 0. The van der Waals surface area contributed by atoms with Crippen molar-refractivity contribution in [3.63, 3.8) is 0 Å². The molecule has 2 unspecified atom stereocenters. The fourth-order valence-electron chi connectivity index (χ4n) is 3.67. The van der Waals surface area contributed by atoms with E-state index < -0.39 is 0 Å². The van der Waals surface area contributed by atoms with E-state index in [2.05, 4.69) is 68.6 Å². The number of nitrogens with one attached hydrogen (secondary N) is 1. The summed E-state index contributed by atoms with van der Waals surface area (Å²) in [5.74, 6) is 0.667. The zero-order valence-corrected chi connectivity index (χ0v) is 13.3. The normalized spacial score (nSPS) is 18.0. The molecule has 21 heavy (non-hydrogen) atoms. The summed E-state index contributed by atoms with van der Waals surface area (Å²) < 4.78 is 0. The predicted molar refractivity (Wildman–Crippen MR) is 90.0 cm³/mol. The molecule has 110 valence electrons. The Balaban J connectivity index is 1.84. The predicted octanol–water partition coefficient (Wildman–Crippen LogP) is 4.16. The van der Waals surface area contributed by atoms with Crippen molar-refractivity contribution in [1.82, 2.24) is 5.32 Å². The zero-order chi connectivity index (χ0) is 14.8. The van der Waals surface area contributed by atoms with Crippen LogP contribution in [0, 0.1) is 13.8 Å². The third kappa shape index (κ3) is 2.75. The molecule has 1 heteroatoms. The molecule has 0 heterocycles. The maximum absolute atomic E-state index is 3.73. The fourth-order valence-corrected chi connectivity index (χ4v) is 3.67. The highest BCUT2D eigenvalue weighted by Crippen LogP contribution is 2.38. The second-order valence-corrected chi connectivity index (χ2v) is 6.25. The SMILES string of the molecule is CCNC(Cc1c(C)cccc1C)C1Cc2ccccc21. The number of hydrogen-bond acceptors (Lipinski definition) is 1. The van der Waals surface area contributed by atoms with E-state index in [1.165, 1.54) is 28.7 Å². The van der Waals surface area contributed by atoms with Gasteiger partial charge >= 0.3 is 0 Å². The third-order valence-corrected chi connectivity index (χ3v) is 4.91. The second kappa shape index (κ2) is 6.03. The van der Waals surface area contributed by atoms with Gasteiger partial charge in [-0.1, -0.05) is 49.4 Å². The van der Waals surface area contributed by atoms with Crippen molar-refractivity contribution in [3.05, 3.63) is 70.3 Å². The summed E-state index contributed by atoms with van der Waals surface area (Å²) in [6, 6.07) is 16.1. The molecule has 2 aromatic carbocycles. The largest absolute Gasteiger partial charge is 0.313 e. The molecule has 3 rings (SSSR count). The van der Waals surface area contributed by atoms with Crippen molar-refractivity contribution in [1.29, 1.82) is 0 Å². The van der Waals surface area contributed by atoms with Crippen LogP contribution in [0.1, 0.15) is 40.7 Å². The summed E-state index contributed by atoms with van der Waals surface area (Å²) in [7, 11) is 0. The van der Waals surface area contributed by atoms with Gasteiger partial charge in [0.2, 0.25) is 0 Å². The van der Waals surface area contributed by atoms with Gasteiger partial charge in [-0.3, -0.25) is 0 Å². The Morgan fingerprint density at radius 3 is 2.43 bits per heavy atom. The highest BCUT2D eigenvalue weighted by Gasteiger charge is 2.32. The summed E-state index contributed by atoms with van der Waals surface area (Å²) in [5, 5.41) is 3.73. The van der Waals surface area contributed by atoms with Crippen molar-refractivity contribution in [2.75, 3.05) is 6.54 Å². The summed E-state index contributed by atoms with van der Waals surface area (Å²) >= 11 is 0. The van der Waals surface area contributed by atoms with Crippen LogP contribution in [0.5, 0.6) is 0 Å². The molecule has 1 aliphatic rings. The van der Waals surface area contributed by atoms with E-state index in [0.717, 1.165) is 13.0 Å². The smallest absolute Gasteiger partial charge is 0.0180 e. The molecule has 0 saturated heterocycles. The van der Waals surface area contributed by atoms with Crippen molar-refractivity contribution < 1.29 is 0 Å². The van der Waals surface area contributed by atoms with E-state index in [-0.39, 0.29) is 0 Å². The zero-order valence-electron chi connectivity index (χ0n) is 13.3. The Hall–Kier alpha value is -1.60. The van der Waals surface area contributed by atoms with Gasteiger partial charge < -0.3 is 5.32 Å². The molecule has 2 aromatic rings. The highest BCUT2D eigenvalue weighted by molar-refractivity contribution is 5.42. The molecule has 0 aliphatic heterocycles. The van der Waals surface area contributed by atoms with Gasteiger partial charge in [0.15, 0.2) is 0 Å². The van der Waals surface area contributed by atoms with E-state index in [0.29, 0.717) is 12.0 Å². The van der Waals surface area contributed by atoms with Crippen LogP contribution in [-0.4, -0.2) is 12.6 Å². The average molecular weight is 279 g/mol. The van der Waals surface area contributed by atoms with E-state index in [1.807, 2.05) is 0 Å². The first kappa shape index (κ1) is 14.3. The lowest BCUT2D eigenvalue weighted by atomic mass is 9.71. The standard InChI is InChI=1S/C20H25N/c1-4-21-20(13-18-14(2)8-7-9-15(18)3)19-12-16-10-5-6-11-17(16)19/h5-11,19-21H,4,12-13H2,1-3H3. The van der Waals surface area contributed by atoms with Gasteiger partial charge in [-0.25, -0.2) is 0 Å². The van der Waals surface area contributed by atoms with Crippen LogP contribution < -0.4 is 5.32 Å². The Bertz CT molecular complexity index is 609. The van der Waals surface area contributed by atoms with Gasteiger partial charge in [-0.15, -0.1) is 0 Å². The number of likely N-dealkylation sites (N-methyl/N-ethyl adjacent to an activating group) is 1. The van der Waals surface area contributed by atoms with Gasteiger partial charge in [0, 0.05) is 12.0 Å². The molecule has 2 atom stereocenters. The van der Waals surface area contributed by atoms with Gasteiger partial charge in [0.1, 0.15) is 0 Å². The molecule has 1 N–H and O–H groups in total. The van der Waals surface area contributed by atoms with Crippen molar-refractivity contribution in [2.45, 2.75) is 45.6 Å². The fraction of sp³-hybridized carbons (Fsp3) is 0.400. The minimum Gasteiger partial charge on any atom is -0.313 e. The third-order valence-electron chi connectivity index (χ3n) is 4.91. The minimum absolute atomic E-state index is 0.546. The molecular formula is C20H25N. The van der Waals surface area contributed by atoms with Crippen LogP contribution in [0.4, 0.5) is 0 Å². The van der Waals surface area contributed by atoms with Crippen LogP contribution >= 0.6 is 0 Å². The van der Waals surface area contributed by atoms with Gasteiger partial charge in [0.25, 0.3) is 0 Å². The van der Waals surface area contributed by atoms with Crippen molar-refractivity contribution in [2.24, 2.45) is 0 Å². The van der Waals surface area contributed by atoms with E-state index in [1.54, 1.807) is 5.56 Å². The quantitative estimate of drug-likeness (QED) is 0.866. The molecule has 0 spiro atoms. The molecule has 1 aliphatic carbocycles. The lowest BCUT2D eigenvalue weighted by Crippen LogP contribution is -2.41. The molecular weight excluding hydrogens is 254 g/mol. The Labute approximate surface area is 128 Å². The molecule has 1 nitrogen and oxygen atoms in total.